The molecule has 9 heteroatoms. The van der Waals surface area contributed by atoms with Crippen molar-refractivity contribution in [2.24, 2.45) is 5.73 Å². The molecule has 0 aliphatic rings. The van der Waals surface area contributed by atoms with E-state index in [9.17, 15) is 14.3 Å². The highest BCUT2D eigenvalue weighted by molar-refractivity contribution is 7.47. The number of carbonyl (C=O) groups is 1. The number of ether oxygens (including phenoxy) is 2. The molecule has 0 saturated carbocycles. The molecule has 0 aliphatic heterocycles. The molecule has 58 heavy (non-hydrogen) atoms. The van der Waals surface area contributed by atoms with Gasteiger partial charge in [-0.1, -0.05) is 162 Å². The van der Waals surface area contributed by atoms with Crippen molar-refractivity contribution < 1.29 is 32.8 Å². The van der Waals surface area contributed by atoms with E-state index in [4.69, 9.17) is 24.3 Å². The summed E-state index contributed by atoms with van der Waals surface area (Å²) < 4.78 is 33.4. The summed E-state index contributed by atoms with van der Waals surface area (Å²) in [5.74, 6) is -0.364. The molecule has 0 saturated heterocycles. The van der Waals surface area contributed by atoms with Gasteiger partial charge in [-0.2, -0.15) is 0 Å². The van der Waals surface area contributed by atoms with Crippen LogP contribution in [-0.2, 0) is 27.9 Å². The van der Waals surface area contributed by atoms with Crippen LogP contribution >= 0.6 is 7.82 Å². The van der Waals surface area contributed by atoms with Crippen LogP contribution in [0.4, 0.5) is 0 Å². The van der Waals surface area contributed by atoms with E-state index < -0.39 is 13.9 Å². The number of hydrogen-bond donors (Lipinski definition) is 2. The van der Waals surface area contributed by atoms with Gasteiger partial charge in [0.05, 0.1) is 19.8 Å². The van der Waals surface area contributed by atoms with Crippen LogP contribution < -0.4 is 5.73 Å². The van der Waals surface area contributed by atoms with Crippen molar-refractivity contribution in [3.05, 3.63) is 109 Å². The minimum atomic E-state index is -4.30. The lowest BCUT2D eigenvalue weighted by Gasteiger charge is -2.20. The minimum absolute atomic E-state index is 0.0865. The Morgan fingerprint density at radius 3 is 1.36 bits per heavy atom. The third-order valence-electron chi connectivity index (χ3n) is 8.69. The van der Waals surface area contributed by atoms with Crippen molar-refractivity contribution in [3.63, 3.8) is 0 Å². The zero-order valence-electron chi connectivity index (χ0n) is 36.5. The topological polar surface area (TPSA) is 117 Å². The molecule has 330 valence electrons. The highest BCUT2D eigenvalue weighted by Crippen LogP contribution is 2.43. The van der Waals surface area contributed by atoms with Gasteiger partial charge >= 0.3 is 13.8 Å². The molecule has 0 spiro atoms. The molecule has 0 amide bonds. The summed E-state index contributed by atoms with van der Waals surface area (Å²) in [5, 5.41) is 0. The van der Waals surface area contributed by atoms with Crippen LogP contribution in [-0.4, -0.2) is 49.9 Å². The van der Waals surface area contributed by atoms with E-state index in [1.54, 1.807) is 0 Å². The summed E-state index contributed by atoms with van der Waals surface area (Å²) in [5.41, 5.74) is 5.37. The molecule has 0 aromatic carbocycles. The van der Waals surface area contributed by atoms with Crippen molar-refractivity contribution in [1.29, 1.82) is 0 Å². The van der Waals surface area contributed by atoms with Crippen molar-refractivity contribution in [2.75, 3.05) is 33.0 Å². The van der Waals surface area contributed by atoms with Crippen LogP contribution in [0.2, 0.25) is 0 Å². The van der Waals surface area contributed by atoms with Gasteiger partial charge in [-0.15, -0.1) is 0 Å². The molecule has 0 aromatic heterocycles. The summed E-state index contributed by atoms with van der Waals surface area (Å²) in [6.45, 7) is 4.59. The van der Waals surface area contributed by atoms with E-state index in [0.717, 1.165) is 116 Å². The molecular formula is C49H82NO7P. The lowest BCUT2D eigenvalue weighted by molar-refractivity contribution is -0.154. The smallest absolute Gasteiger partial charge is 0.457 e. The molecule has 0 radical (unpaired) electrons. The van der Waals surface area contributed by atoms with Crippen LogP contribution in [0.15, 0.2) is 109 Å². The van der Waals surface area contributed by atoms with Gasteiger partial charge in [0.2, 0.25) is 0 Å². The Bertz CT molecular complexity index is 1250. The Labute approximate surface area is 354 Å². The molecule has 0 bridgehead atoms. The van der Waals surface area contributed by atoms with Crippen LogP contribution in [0.25, 0.3) is 0 Å². The highest BCUT2D eigenvalue weighted by atomic mass is 31.2. The van der Waals surface area contributed by atoms with Gasteiger partial charge in [0.25, 0.3) is 0 Å². The molecule has 3 N–H and O–H groups in total. The Morgan fingerprint density at radius 1 is 0.517 bits per heavy atom. The predicted octanol–water partition coefficient (Wildman–Crippen LogP) is 13.6. The van der Waals surface area contributed by atoms with E-state index in [1.807, 2.05) is 0 Å². The Kier molecular flexibility index (Phi) is 43.0. The fraction of sp³-hybridized carbons (Fsp3) is 0.612. The maximum absolute atomic E-state index is 12.6. The van der Waals surface area contributed by atoms with E-state index in [2.05, 4.69) is 123 Å². The van der Waals surface area contributed by atoms with Crippen molar-refractivity contribution >= 4 is 13.8 Å². The molecule has 0 rings (SSSR count). The van der Waals surface area contributed by atoms with Crippen LogP contribution in [0.3, 0.4) is 0 Å². The Balaban J connectivity index is 4.12. The quantitative estimate of drug-likeness (QED) is 0.0271. The normalized spacial score (nSPS) is 14.5. The average molecular weight is 828 g/mol. The van der Waals surface area contributed by atoms with Crippen molar-refractivity contribution in [1.82, 2.24) is 0 Å². The summed E-state index contributed by atoms with van der Waals surface area (Å²) in [4.78, 5) is 22.5. The number of nitrogens with two attached hydrogens (primary N) is 1. The van der Waals surface area contributed by atoms with Crippen LogP contribution in [0.1, 0.15) is 155 Å². The van der Waals surface area contributed by atoms with Gasteiger partial charge in [0, 0.05) is 19.6 Å². The third kappa shape index (κ3) is 44.3. The molecule has 8 nitrogen and oxygen atoms in total. The second-order valence-corrected chi connectivity index (χ2v) is 15.6. The number of esters is 1. The van der Waals surface area contributed by atoms with Crippen molar-refractivity contribution in [3.8, 4) is 0 Å². The number of unbranched alkanes of at least 4 members (excludes halogenated alkanes) is 10. The zero-order chi connectivity index (χ0) is 42.3. The highest BCUT2D eigenvalue weighted by Gasteiger charge is 2.25. The SMILES string of the molecule is CC/C=C\C/C=C\C/C=C\C/C=C\C/C=C\CCCCCCCCOCC(COP(=O)(O)OCCN)OC(=O)CCCCCC/C=C\C/C=C\C/C=C\C/C=C\CC. The number of carbonyl (C=O) groups excluding carboxylic acids is 1. The molecular weight excluding hydrogens is 746 g/mol. The first-order valence-electron chi connectivity index (χ1n) is 22.4. The van der Waals surface area contributed by atoms with Gasteiger partial charge in [-0.25, -0.2) is 4.57 Å². The summed E-state index contributed by atoms with van der Waals surface area (Å²) in [7, 11) is -4.30. The maximum Gasteiger partial charge on any atom is 0.472 e. The molecule has 0 heterocycles. The predicted molar refractivity (Wildman–Crippen MR) is 247 cm³/mol. The number of phosphoric acid groups is 1. The molecule has 0 aromatic rings. The van der Waals surface area contributed by atoms with E-state index in [0.29, 0.717) is 6.61 Å². The molecule has 2 unspecified atom stereocenters. The lowest BCUT2D eigenvalue weighted by atomic mass is 10.1. The summed E-state index contributed by atoms with van der Waals surface area (Å²) in [6.07, 6.45) is 61.1. The van der Waals surface area contributed by atoms with Gasteiger partial charge < -0.3 is 20.1 Å². The largest absolute Gasteiger partial charge is 0.472 e. The summed E-state index contributed by atoms with van der Waals surface area (Å²) in [6, 6.07) is 0. The molecule has 0 aliphatic carbocycles. The minimum Gasteiger partial charge on any atom is -0.457 e. The zero-order valence-corrected chi connectivity index (χ0v) is 37.4. The van der Waals surface area contributed by atoms with E-state index in [1.165, 1.54) is 19.3 Å². The number of allylic oxidation sites excluding steroid dienone is 18. The Morgan fingerprint density at radius 2 is 0.914 bits per heavy atom. The monoisotopic (exact) mass is 828 g/mol. The number of rotatable bonds is 41. The van der Waals surface area contributed by atoms with E-state index in [-0.39, 0.29) is 38.8 Å². The average Bonchev–Trinajstić information content (AvgIpc) is 3.21. The number of phosphoric ester groups is 1. The first-order valence-corrected chi connectivity index (χ1v) is 23.9. The van der Waals surface area contributed by atoms with Crippen molar-refractivity contribution in [2.45, 2.75) is 161 Å². The van der Waals surface area contributed by atoms with Gasteiger partial charge in [-0.3, -0.25) is 13.8 Å². The lowest BCUT2D eigenvalue weighted by Crippen LogP contribution is -2.28. The standard InChI is InChI=1S/C49H82NO7P/c1-3-5-7-9-11-13-15-17-19-21-22-23-24-25-27-29-31-33-35-37-39-41-44-54-46-48(47-56-58(52,53)55-45-43-50)57-49(51)42-40-38-36-34-32-30-28-26-20-18-16-14-12-10-8-6-4-2/h5-8,11-14,17-20,22-23,25,27-28,30,48H,3-4,9-10,15-16,21,24,26,29,31-47,50H2,1-2H3,(H,52,53)/b7-5-,8-6-,13-11-,14-12-,19-17-,20-18-,23-22-,27-25-,30-28-. The Hall–Kier alpha value is -2.84. The fourth-order valence-electron chi connectivity index (χ4n) is 5.48. The first-order chi connectivity index (χ1) is 28.4. The number of hydrogen-bond acceptors (Lipinski definition) is 7. The summed E-state index contributed by atoms with van der Waals surface area (Å²) >= 11 is 0. The third-order valence-corrected chi connectivity index (χ3v) is 9.67. The van der Waals surface area contributed by atoms with E-state index >= 15 is 0 Å². The second-order valence-electron chi connectivity index (χ2n) is 14.1. The van der Waals surface area contributed by atoms with Crippen LogP contribution in [0.5, 0.6) is 0 Å². The fourth-order valence-corrected chi connectivity index (χ4v) is 6.25. The first kappa shape index (κ1) is 55.2. The van der Waals surface area contributed by atoms with Gasteiger partial charge in [0.15, 0.2) is 0 Å². The maximum atomic E-state index is 12.6. The molecule has 2 atom stereocenters. The van der Waals surface area contributed by atoms with Crippen LogP contribution in [0, 0.1) is 0 Å². The molecule has 0 fully saturated rings. The second kappa shape index (κ2) is 45.2. The van der Waals surface area contributed by atoms with Gasteiger partial charge in [0.1, 0.15) is 6.10 Å². The van der Waals surface area contributed by atoms with Gasteiger partial charge in [-0.05, 0) is 96.3 Å².